The molecular weight excluding hydrogens is 197 g/mol. The molecule has 15 heavy (non-hydrogen) atoms. The quantitative estimate of drug-likeness (QED) is 0.563. The van der Waals surface area contributed by atoms with E-state index in [1.165, 1.54) is 6.20 Å². The normalized spacial score (nSPS) is 10.4. The minimum Gasteiger partial charge on any atom is -0.299 e. The van der Waals surface area contributed by atoms with E-state index in [4.69, 9.17) is 0 Å². The highest BCUT2D eigenvalue weighted by molar-refractivity contribution is 6.08. The molecule has 1 aromatic rings. The van der Waals surface area contributed by atoms with E-state index in [0.717, 1.165) is 12.3 Å². The predicted octanol–water partition coefficient (Wildman–Crippen LogP) is 2.02. The van der Waals surface area contributed by atoms with E-state index in [1.807, 2.05) is 0 Å². The third-order valence-corrected chi connectivity index (χ3v) is 2.01. The molecule has 0 saturated carbocycles. The van der Waals surface area contributed by atoms with Gasteiger partial charge in [-0.2, -0.15) is 0 Å². The second-order valence-electron chi connectivity index (χ2n) is 3.61. The number of halogens is 1. The lowest BCUT2D eigenvalue weighted by Crippen LogP contribution is -2.13. The summed E-state index contributed by atoms with van der Waals surface area (Å²) in [7, 11) is 0. The van der Waals surface area contributed by atoms with Crippen LogP contribution in [0.1, 0.15) is 30.6 Å². The molecule has 0 aromatic carbocycles. The summed E-state index contributed by atoms with van der Waals surface area (Å²) in [5.41, 5.74) is 0.143. The summed E-state index contributed by atoms with van der Waals surface area (Å²) in [6, 6.07) is 1.09. The van der Waals surface area contributed by atoms with Crippen molar-refractivity contribution >= 4 is 11.6 Å². The van der Waals surface area contributed by atoms with Gasteiger partial charge in [-0.1, -0.05) is 13.8 Å². The lowest BCUT2D eigenvalue weighted by atomic mass is 10.0. The first-order valence-electron chi connectivity index (χ1n) is 4.67. The fourth-order valence-electron chi connectivity index (χ4n) is 1.03. The van der Waals surface area contributed by atoms with Gasteiger partial charge in [-0.25, -0.2) is 4.39 Å². The number of pyridine rings is 1. The molecule has 1 aromatic heterocycles. The number of nitrogens with zero attached hydrogens (tertiary/aromatic N) is 1. The van der Waals surface area contributed by atoms with Crippen LogP contribution in [-0.4, -0.2) is 16.6 Å². The van der Waals surface area contributed by atoms with Crippen molar-refractivity contribution < 1.29 is 14.0 Å². The summed E-state index contributed by atoms with van der Waals surface area (Å²) in [6.45, 7) is 3.44. The van der Waals surface area contributed by atoms with Crippen molar-refractivity contribution in [3.8, 4) is 0 Å². The van der Waals surface area contributed by atoms with Gasteiger partial charge in [0.25, 0.3) is 0 Å². The first-order chi connectivity index (χ1) is 7.00. The first kappa shape index (κ1) is 11.5. The number of carbonyl (C=O) groups excluding carboxylic acids is 2. The molecule has 0 saturated heterocycles. The first-order valence-corrected chi connectivity index (χ1v) is 4.67. The second kappa shape index (κ2) is 4.77. The van der Waals surface area contributed by atoms with E-state index in [2.05, 4.69) is 4.98 Å². The van der Waals surface area contributed by atoms with Gasteiger partial charge in [0.05, 0.1) is 12.6 Å². The van der Waals surface area contributed by atoms with Crippen molar-refractivity contribution in [1.82, 2.24) is 4.98 Å². The molecule has 0 amide bonds. The van der Waals surface area contributed by atoms with Gasteiger partial charge in [0.15, 0.2) is 5.78 Å². The smallest absolute Gasteiger partial charge is 0.171 e. The maximum absolute atomic E-state index is 12.7. The Kier molecular flexibility index (Phi) is 3.66. The van der Waals surface area contributed by atoms with Crippen molar-refractivity contribution in [2.45, 2.75) is 20.3 Å². The zero-order chi connectivity index (χ0) is 11.4. The highest BCUT2D eigenvalue weighted by atomic mass is 19.1. The summed E-state index contributed by atoms with van der Waals surface area (Å²) in [5, 5.41) is 0. The van der Waals surface area contributed by atoms with Gasteiger partial charge in [-0.3, -0.25) is 14.6 Å². The van der Waals surface area contributed by atoms with Crippen LogP contribution in [0.25, 0.3) is 0 Å². The molecule has 1 rings (SSSR count). The molecule has 0 aliphatic heterocycles. The predicted molar refractivity (Wildman–Crippen MR) is 53.0 cm³/mol. The minimum atomic E-state index is -0.571. The van der Waals surface area contributed by atoms with Gasteiger partial charge >= 0.3 is 0 Å². The molecule has 0 aliphatic carbocycles. The summed E-state index contributed by atoms with van der Waals surface area (Å²) in [4.78, 5) is 26.3. The van der Waals surface area contributed by atoms with E-state index in [0.29, 0.717) is 0 Å². The molecule has 3 nitrogen and oxygen atoms in total. The van der Waals surface area contributed by atoms with Gasteiger partial charge < -0.3 is 0 Å². The lowest BCUT2D eigenvalue weighted by molar-refractivity contribution is -0.121. The van der Waals surface area contributed by atoms with Crippen LogP contribution in [-0.2, 0) is 4.79 Å². The number of carbonyl (C=O) groups is 2. The van der Waals surface area contributed by atoms with Crippen molar-refractivity contribution in [1.29, 1.82) is 0 Å². The third-order valence-electron chi connectivity index (χ3n) is 2.01. The van der Waals surface area contributed by atoms with Crippen molar-refractivity contribution in [3.05, 3.63) is 29.8 Å². The van der Waals surface area contributed by atoms with Gasteiger partial charge in [0.2, 0.25) is 0 Å². The maximum Gasteiger partial charge on any atom is 0.171 e. The number of hydrogen-bond acceptors (Lipinski definition) is 3. The molecule has 0 N–H and O–H groups in total. The van der Waals surface area contributed by atoms with Gasteiger partial charge in [-0.05, 0) is 6.07 Å². The summed E-state index contributed by atoms with van der Waals surface area (Å²) >= 11 is 0. The largest absolute Gasteiger partial charge is 0.299 e. The Morgan fingerprint density at radius 3 is 2.60 bits per heavy atom. The van der Waals surface area contributed by atoms with E-state index in [1.54, 1.807) is 13.8 Å². The van der Waals surface area contributed by atoms with Gasteiger partial charge in [-0.15, -0.1) is 0 Å². The van der Waals surface area contributed by atoms with Gasteiger partial charge in [0.1, 0.15) is 11.6 Å². The molecule has 1 heterocycles. The number of ketones is 2. The summed E-state index contributed by atoms with van der Waals surface area (Å²) in [5.74, 6) is -1.29. The Morgan fingerprint density at radius 1 is 1.40 bits per heavy atom. The van der Waals surface area contributed by atoms with E-state index in [9.17, 15) is 14.0 Å². The van der Waals surface area contributed by atoms with Crippen LogP contribution in [0.5, 0.6) is 0 Å². The Labute approximate surface area is 87.3 Å². The molecule has 4 heteroatoms. The maximum atomic E-state index is 12.7. The second-order valence-corrected chi connectivity index (χ2v) is 3.61. The summed E-state index contributed by atoms with van der Waals surface area (Å²) < 4.78 is 12.7. The van der Waals surface area contributed by atoms with Gasteiger partial charge in [0, 0.05) is 17.7 Å². The van der Waals surface area contributed by atoms with E-state index in [-0.39, 0.29) is 29.5 Å². The van der Waals surface area contributed by atoms with E-state index >= 15 is 0 Å². The van der Waals surface area contributed by atoms with Crippen LogP contribution < -0.4 is 0 Å². The molecule has 0 atom stereocenters. The molecule has 0 unspecified atom stereocenters. The standard InChI is InChI=1S/C11H12FNO2/c1-7(2)10(14)4-11(15)8-3-9(12)6-13-5-8/h3,5-7H,4H2,1-2H3. The lowest BCUT2D eigenvalue weighted by Gasteiger charge is -2.02. The topological polar surface area (TPSA) is 47.0 Å². The monoisotopic (exact) mass is 209 g/mol. The molecule has 0 fully saturated rings. The Balaban J connectivity index is 2.74. The zero-order valence-corrected chi connectivity index (χ0v) is 8.66. The zero-order valence-electron chi connectivity index (χ0n) is 8.66. The van der Waals surface area contributed by atoms with Crippen LogP contribution in [0.4, 0.5) is 4.39 Å². The molecular formula is C11H12FNO2. The third kappa shape index (κ3) is 3.23. The number of hydrogen-bond donors (Lipinski definition) is 0. The average Bonchev–Trinajstić information content (AvgIpc) is 2.17. The number of rotatable bonds is 4. The Morgan fingerprint density at radius 2 is 2.07 bits per heavy atom. The Bertz CT molecular complexity index is 388. The van der Waals surface area contributed by atoms with Crippen molar-refractivity contribution in [2.24, 2.45) is 5.92 Å². The SMILES string of the molecule is CC(C)C(=O)CC(=O)c1cncc(F)c1. The van der Waals surface area contributed by atoms with Crippen LogP contribution >= 0.6 is 0 Å². The molecule has 80 valence electrons. The molecule has 0 aliphatic rings. The van der Waals surface area contributed by atoms with Crippen LogP contribution in [0.2, 0.25) is 0 Å². The number of Topliss-reactive ketones (excluding diaryl/α,β-unsaturated/α-hetero) is 2. The van der Waals surface area contributed by atoms with Crippen molar-refractivity contribution in [3.63, 3.8) is 0 Å². The molecule has 0 spiro atoms. The fourth-order valence-corrected chi connectivity index (χ4v) is 1.03. The number of aromatic nitrogens is 1. The molecule has 0 bridgehead atoms. The highest BCUT2D eigenvalue weighted by Gasteiger charge is 2.15. The van der Waals surface area contributed by atoms with Crippen LogP contribution in [0.15, 0.2) is 18.5 Å². The highest BCUT2D eigenvalue weighted by Crippen LogP contribution is 2.07. The Hall–Kier alpha value is -1.58. The van der Waals surface area contributed by atoms with E-state index < -0.39 is 5.82 Å². The minimum absolute atomic E-state index is 0.143. The fraction of sp³-hybridized carbons (Fsp3) is 0.364. The average molecular weight is 209 g/mol. The van der Waals surface area contributed by atoms with Crippen LogP contribution in [0, 0.1) is 11.7 Å². The van der Waals surface area contributed by atoms with Crippen LogP contribution in [0.3, 0.4) is 0 Å². The summed E-state index contributed by atoms with van der Waals surface area (Å²) in [6.07, 6.45) is 2.09. The molecule has 0 radical (unpaired) electrons. The van der Waals surface area contributed by atoms with Crippen molar-refractivity contribution in [2.75, 3.05) is 0 Å².